The lowest BCUT2D eigenvalue weighted by Crippen LogP contribution is -2.21. The quantitative estimate of drug-likeness (QED) is 0.348. The van der Waals surface area contributed by atoms with E-state index < -0.39 is 11.6 Å². The molecule has 4 heteroatoms. The Kier molecular flexibility index (Phi) is 7.54. The molecule has 0 aliphatic carbocycles. The predicted octanol–water partition coefficient (Wildman–Crippen LogP) is 8.66. The second-order valence-corrected chi connectivity index (χ2v) is 9.02. The van der Waals surface area contributed by atoms with Gasteiger partial charge >= 0.3 is 0 Å². The van der Waals surface area contributed by atoms with Crippen LogP contribution < -0.4 is 0 Å². The number of hydrogen-bond acceptors (Lipinski definition) is 1. The van der Waals surface area contributed by atoms with E-state index in [1.165, 1.54) is 6.07 Å². The largest absolute Gasteiger partial charge is 0.373 e. The molecular formula is C29H31F3O. The van der Waals surface area contributed by atoms with E-state index in [4.69, 9.17) is 4.74 Å². The van der Waals surface area contributed by atoms with Gasteiger partial charge in [0.15, 0.2) is 11.6 Å². The molecule has 1 saturated heterocycles. The highest BCUT2D eigenvalue weighted by atomic mass is 19.2. The Morgan fingerprint density at radius 3 is 2.15 bits per heavy atom. The van der Waals surface area contributed by atoms with Crippen molar-refractivity contribution in [2.75, 3.05) is 6.61 Å². The third kappa shape index (κ3) is 5.16. The van der Waals surface area contributed by atoms with E-state index in [2.05, 4.69) is 6.92 Å². The number of halogens is 3. The molecule has 0 amide bonds. The first-order valence-corrected chi connectivity index (χ1v) is 12.0. The summed E-state index contributed by atoms with van der Waals surface area (Å²) in [5, 5.41) is 0. The Labute approximate surface area is 194 Å². The molecule has 174 valence electrons. The first-order chi connectivity index (χ1) is 16.0. The molecule has 33 heavy (non-hydrogen) atoms. The first-order valence-electron chi connectivity index (χ1n) is 12.0. The van der Waals surface area contributed by atoms with E-state index >= 15 is 0 Å². The van der Waals surface area contributed by atoms with Gasteiger partial charge in [0.2, 0.25) is 0 Å². The first kappa shape index (κ1) is 23.6. The molecule has 4 rings (SSSR count). The van der Waals surface area contributed by atoms with E-state index in [1.807, 2.05) is 31.2 Å². The fraction of sp³-hybridized carbons (Fsp3) is 0.379. The summed E-state index contributed by atoms with van der Waals surface area (Å²) in [5.41, 5.74) is 3.39. The molecule has 0 radical (unpaired) electrons. The van der Waals surface area contributed by atoms with Gasteiger partial charge in [0.05, 0.1) is 12.7 Å². The van der Waals surface area contributed by atoms with Crippen molar-refractivity contribution in [2.45, 2.75) is 58.5 Å². The van der Waals surface area contributed by atoms with E-state index in [-0.39, 0.29) is 17.5 Å². The molecule has 1 aliphatic rings. The normalized spacial score (nSPS) is 18.5. The van der Waals surface area contributed by atoms with Gasteiger partial charge in [-0.05, 0) is 59.9 Å². The van der Waals surface area contributed by atoms with Crippen LogP contribution in [-0.2, 0) is 11.2 Å². The van der Waals surface area contributed by atoms with Crippen LogP contribution in [0.2, 0.25) is 0 Å². The topological polar surface area (TPSA) is 9.23 Å². The average molecular weight is 453 g/mol. The highest BCUT2D eigenvalue weighted by molar-refractivity contribution is 5.71. The minimum atomic E-state index is -0.822. The van der Waals surface area contributed by atoms with Gasteiger partial charge in [-0.15, -0.1) is 0 Å². The number of hydrogen-bond donors (Lipinski definition) is 0. The zero-order valence-electron chi connectivity index (χ0n) is 19.3. The maximum absolute atomic E-state index is 14.9. The molecule has 3 aromatic carbocycles. The third-order valence-corrected chi connectivity index (χ3v) is 6.63. The van der Waals surface area contributed by atoms with Crippen molar-refractivity contribution in [2.24, 2.45) is 5.92 Å². The lowest BCUT2D eigenvalue weighted by Gasteiger charge is -2.29. The van der Waals surface area contributed by atoms with Crippen molar-refractivity contribution in [3.8, 4) is 22.3 Å². The summed E-state index contributed by atoms with van der Waals surface area (Å²) in [4.78, 5) is 0. The van der Waals surface area contributed by atoms with Crippen molar-refractivity contribution >= 4 is 0 Å². The smallest absolute Gasteiger partial charge is 0.166 e. The van der Waals surface area contributed by atoms with Gasteiger partial charge in [-0.2, -0.15) is 0 Å². The number of benzene rings is 3. The van der Waals surface area contributed by atoms with Crippen molar-refractivity contribution in [3.05, 3.63) is 83.2 Å². The van der Waals surface area contributed by atoms with Crippen LogP contribution >= 0.6 is 0 Å². The van der Waals surface area contributed by atoms with Crippen LogP contribution in [0.25, 0.3) is 22.3 Å². The van der Waals surface area contributed by atoms with Gasteiger partial charge in [-0.3, -0.25) is 0 Å². The predicted molar refractivity (Wildman–Crippen MR) is 128 cm³/mol. The maximum Gasteiger partial charge on any atom is 0.166 e. The molecule has 0 spiro atoms. The van der Waals surface area contributed by atoms with Gasteiger partial charge in [-0.1, -0.05) is 75.2 Å². The van der Waals surface area contributed by atoms with Gasteiger partial charge < -0.3 is 4.74 Å². The van der Waals surface area contributed by atoms with Gasteiger partial charge in [0, 0.05) is 11.1 Å². The minimum Gasteiger partial charge on any atom is -0.373 e. The van der Waals surface area contributed by atoms with Crippen molar-refractivity contribution < 1.29 is 17.9 Å². The summed E-state index contributed by atoms with van der Waals surface area (Å²) in [7, 11) is 0. The molecule has 1 aliphatic heterocycles. The summed E-state index contributed by atoms with van der Waals surface area (Å²) in [6.45, 7) is 4.80. The molecule has 1 fully saturated rings. The summed E-state index contributed by atoms with van der Waals surface area (Å²) in [6.07, 6.45) is 5.28. The number of rotatable bonds is 7. The van der Waals surface area contributed by atoms with Gasteiger partial charge in [0.25, 0.3) is 0 Å². The van der Waals surface area contributed by atoms with E-state index in [0.29, 0.717) is 35.6 Å². The van der Waals surface area contributed by atoms with Crippen LogP contribution in [0.15, 0.2) is 54.6 Å². The van der Waals surface area contributed by atoms with E-state index in [1.54, 1.807) is 24.3 Å². The fourth-order valence-electron chi connectivity index (χ4n) is 4.77. The number of aryl methyl sites for hydroxylation is 1. The molecule has 2 unspecified atom stereocenters. The Hall–Kier alpha value is -2.59. The second kappa shape index (κ2) is 10.6. The third-order valence-electron chi connectivity index (χ3n) is 6.63. The molecule has 0 saturated carbocycles. The Morgan fingerprint density at radius 2 is 1.52 bits per heavy atom. The van der Waals surface area contributed by atoms with E-state index in [0.717, 1.165) is 43.2 Å². The van der Waals surface area contributed by atoms with Gasteiger partial charge in [0.1, 0.15) is 5.82 Å². The summed E-state index contributed by atoms with van der Waals surface area (Å²) >= 11 is 0. The molecule has 0 N–H and O–H groups in total. The molecule has 0 aromatic heterocycles. The highest BCUT2D eigenvalue weighted by Crippen LogP contribution is 2.35. The number of ether oxygens (including phenoxy) is 1. The monoisotopic (exact) mass is 452 g/mol. The van der Waals surface area contributed by atoms with Crippen LogP contribution in [0.1, 0.15) is 63.2 Å². The Bertz CT molecular complexity index is 1080. The Balaban J connectivity index is 1.51. The standard InChI is InChI=1S/C29H31F3O/c1-3-5-19-7-16-27(33-18-19)25-15-13-23(17-26(25)30)20-8-10-21(11-9-20)24-14-12-22(6-4-2)28(31)29(24)32/h8-15,17,19,27H,3-7,16,18H2,1-2H3. The van der Waals surface area contributed by atoms with Crippen molar-refractivity contribution in [1.29, 1.82) is 0 Å². The van der Waals surface area contributed by atoms with Crippen LogP contribution in [0.4, 0.5) is 13.2 Å². The van der Waals surface area contributed by atoms with Crippen molar-refractivity contribution in [3.63, 3.8) is 0 Å². The average Bonchev–Trinajstić information content (AvgIpc) is 2.83. The van der Waals surface area contributed by atoms with Crippen LogP contribution in [0, 0.1) is 23.4 Å². The molecule has 1 heterocycles. The molecule has 2 atom stereocenters. The summed E-state index contributed by atoms with van der Waals surface area (Å²) in [6, 6.07) is 15.6. The summed E-state index contributed by atoms with van der Waals surface area (Å²) < 4.78 is 49.8. The lowest BCUT2D eigenvalue weighted by molar-refractivity contribution is -0.0211. The van der Waals surface area contributed by atoms with Crippen molar-refractivity contribution in [1.82, 2.24) is 0 Å². The second-order valence-electron chi connectivity index (χ2n) is 9.02. The minimum absolute atomic E-state index is 0.192. The van der Waals surface area contributed by atoms with Gasteiger partial charge in [-0.25, -0.2) is 13.2 Å². The van der Waals surface area contributed by atoms with Crippen LogP contribution in [-0.4, -0.2) is 6.61 Å². The summed E-state index contributed by atoms with van der Waals surface area (Å²) in [5.74, 6) is -1.29. The zero-order valence-corrected chi connectivity index (χ0v) is 19.3. The molecule has 0 bridgehead atoms. The zero-order chi connectivity index (χ0) is 23.4. The molecule has 1 nitrogen and oxygen atoms in total. The highest BCUT2D eigenvalue weighted by Gasteiger charge is 2.24. The van der Waals surface area contributed by atoms with E-state index in [9.17, 15) is 13.2 Å². The maximum atomic E-state index is 14.9. The molecular weight excluding hydrogens is 421 g/mol. The fourth-order valence-corrected chi connectivity index (χ4v) is 4.77. The Morgan fingerprint density at radius 1 is 0.788 bits per heavy atom. The van der Waals surface area contributed by atoms with Crippen LogP contribution in [0.3, 0.4) is 0 Å². The molecule has 3 aromatic rings. The SMILES string of the molecule is CCCc1ccc(-c2ccc(-c3ccc(C4CCC(CCC)CO4)c(F)c3)cc2)c(F)c1F. The van der Waals surface area contributed by atoms with Crippen LogP contribution in [0.5, 0.6) is 0 Å². The lowest BCUT2D eigenvalue weighted by atomic mass is 9.91.